The predicted molar refractivity (Wildman–Crippen MR) is 70.5 cm³/mol. The van der Waals surface area contributed by atoms with Crippen molar-refractivity contribution in [2.45, 2.75) is 19.4 Å². The van der Waals surface area contributed by atoms with Gasteiger partial charge in [-0.25, -0.2) is 14.5 Å². The summed E-state index contributed by atoms with van der Waals surface area (Å²) in [5, 5.41) is 0.354. The fraction of sp³-hybridized carbons (Fsp3) is 0.308. The molecule has 1 saturated heterocycles. The fourth-order valence-corrected chi connectivity index (χ4v) is 1.98. The molecule has 1 unspecified atom stereocenters. The first kappa shape index (κ1) is 14.3. The highest BCUT2D eigenvalue weighted by molar-refractivity contribution is 6.32. The van der Waals surface area contributed by atoms with Gasteiger partial charge in [-0.3, -0.25) is 4.79 Å². The summed E-state index contributed by atoms with van der Waals surface area (Å²) in [6.45, 7) is 2.88. The Balaban J connectivity index is 2.37. The molecule has 1 aliphatic rings. The molecule has 0 radical (unpaired) electrons. The van der Waals surface area contributed by atoms with Gasteiger partial charge in [0.1, 0.15) is 0 Å². The minimum absolute atomic E-state index is 0.0798. The number of benzene rings is 1. The van der Waals surface area contributed by atoms with Gasteiger partial charge in [0.15, 0.2) is 0 Å². The zero-order valence-electron chi connectivity index (χ0n) is 10.9. The molecule has 1 atom stereocenters. The Morgan fingerprint density at radius 1 is 1.45 bits per heavy atom. The third-order valence-electron chi connectivity index (χ3n) is 2.82. The van der Waals surface area contributed by atoms with Gasteiger partial charge in [0.25, 0.3) is 11.5 Å². The van der Waals surface area contributed by atoms with Crippen LogP contribution in [0.3, 0.4) is 0 Å². The smallest absolute Gasteiger partial charge is 0.423 e. The number of carbonyl (C=O) groups excluding carboxylic acids is 3. The normalized spacial score (nSPS) is 21.9. The van der Waals surface area contributed by atoms with E-state index >= 15 is 0 Å². The number of amides is 2. The molecule has 0 aromatic heterocycles. The SMILES string of the molecule is CCOC(=O)C1(C)OC(=O)N(c2cccc(Cl)c2)C1=O. The van der Waals surface area contributed by atoms with Gasteiger partial charge in [-0.15, -0.1) is 0 Å². The van der Waals surface area contributed by atoms with E-state index in [0.717, 1.165) is 4.90 Å². The van der Waals surface area contributed by atoms with E-state index in [2.05, 4.69) is 0 Å². The molecule has 1 fully saturated rings. The number of halogens is 1. The lowest BCUT2D eigenvalue weighted by atomic mass is 10.1. The summed E-state index contributed by atoms with van der Waals surface area (Å²) in [7, 11) is 0. The van der Waals surface area contributed by atoms with E-state index in [-0.39, 0.29) is 12.3 Å². The Bertz CT molecular complexity index is 588. The van der Waals surface area contributed by atoms with Gasteiger partial charge >= 0.3 is 12.1 Å². The molecule has 1 aromatic rings. The third-order valence-corrected chi connectivity index (χ3v) is 3.05. The van der Waals surface area contributed by atoms with Crippen molar-refractivity contribution in [2.24, 2.45) is 0 Å². The van der Waals surface area contributed by atoms with Crippen molar-refractivity contribution in [1.29, 1.82) is 0 Å². The molecule has 0 spiro atoms. The van der Waals surface area contributed by atoms with Crippen LogP contribution in [-0.2, 0) is 19.1 Å². The van der Waals surface area contributed by atoms with Crippen LogP contribution in [0.5, 0.6) is 0 Å². The highest BCUT2D eigenvalue weighted by Crippen LogP contribution is 2.31. The molecule has 2 amide bonds. The van der Waals surface area contributed by atoms with Crippen molar-refractivity contribution < 1.29 is 23.9 Å². The first-order chi connectivity index (χ1) is 9.40. The standard InChI is InChI=1S/C13H12ClNO5/c1-3-19-11(17)13(2)10(16)15(12(18)20-13)9-6-4-5-8(14)7-9/h4-7H,3H2,1-2H3. The molecule has 2 rings (SSSR count). The van der Waals surface area contributed by atoms with E-state index in [1.54, 1.807) is 19.1 Å². The average Bonchev–Trinajstić information content (AvgIpc) is 2.61. The summed E-state index contributed by atoms with van der Waals surface area (Å²) >= 11 is 5.82. The van der Waals surface area contributed by atoms with Crippen molar-refractivity contribution in [3.63, 3.8) is 0 Å². The number of hydrogen-bond donors (Lipinski definition) is 0. The van der Waals surface area contributed by atoms with E-state index in [1.165, 1.54) is 19.1 Å². The zero-order valence-corrected chi connectivity index (χ0v) is 11.6. The first-order valence-electron chi connectivity index (χ1n) is 5.90. The molecular formula is C13H12ClNO5. The molecule has 0 bridgehead atoms. The van der Waals surface area contributed by atoms with Crippen molar-refractivity contribution in [3.05, 3.63) is 29.3 Å². The lowest BCUT2D eigenvalue weighted by Gasteiger charge is -2.17. The van der Waals surface area contributed by atoms with Crippen LogP contribution in [0.1, 0.15) is 13.8 Å². The van der Waals surface area contributed by atoms with E-state index in [0.29, 0.717) is 5.02 Å². The van der Waals surface area contributed by atoms with Crippen molar-refractivity contribution >= 4 is 35.3 Å². The number of carbonyl (C=O) groups is 3. The first-order valence-corrected chi connectivity index (χ1v) is 6.28. The Labute approximate surface area is 120 Å². The van der Waals surface area contributed by atoms with E-state index in [4.69, 9.17) is 21.1 Å². The molecular weight excluding hydrogens is 286 g/mol. The van der Waals surface area contributed by atoms with Crippen molar-refractivity contribution in [2.75, 3.05) is 11.5 Å². The summed E-state index contributed by atoms with van der Waals surface area (Å²) in [5.74, 6) is -1.70. The number of esters is 1. The van der Waals surface area contributed by atoms with Gasteiger partial charge in [0.05, 0.1) is 12.3 Å². The summed E-state index contributed by atoms with van der Waals surface area (Å²) < 4.78 is 9.67. The number of hydrogen-bond acceptors (Lipinski definition) is 5. The fourth-order valence-electron chi connectivity index (χ4n) is 1.80. The Morgan fingerprint density at radius 2 is 2.15 bits per heavy atom. The zero-order chi connectivity index (χ0) is 14.9. The van der Waals surface area contributed by atoms with Gasteiger partial charge in [-0.05, 0) is 32.0 Å². The van der Waals surface area contributed by atoms with Crippen LogP contribution in [-0.4, -0.2) is 30.2 Å². The molecule has 1 aromatic carbocycles. The molecule has 106 valence electrons. The monoisotopic (exact) mass is 297 g/mol. The maximum Gasteiger partial charge on any atom is 0.423 e. The minimum Gasteiger partial charge on any atom is -0.463 e. The molecule has 0 saturated carbocycles. The summed E-state index contributed by atoms with van der Waals surface area (Å²) in [6.07, 6.45) is -0.937. The maximum absolute atomic E-state index is 12.3. The predicted octanol–water partition coefficient (Wildman–Crippen LogP) is 2.14. The van der Waals surface area contributed by atoms with Crippen LogP contribution in [0.25, 0.3) is 0 Å². The lowest BCUT2D eigenvalue weighted by molar-refractivity contribution is -0.164. The van der Waals surface area contributed by atoms with E-state index in [9.17, 15) is 14.4 Å². The van der Waals surface area contributed by atoms with E-state index in [1.807, 2.05) is 0 Å². The highest BCUT2D eigenvalue weighted by atomic mass is 35.5. The van der Waals surface area contributed by atoms with Crippen LogP contribution in [0.2, 0.25) is 5.02 Å². The summed E-state index contributed by atoms with van der Waals surface area (Å²) in [4.78, 5) is 36.7. The van der Waals surface area contributed by atoms with E-state index < -0.39 is 23.6 Å². The summed E-state index contributed by atoms with van der Waals surface area (Å²) in [5.41, 5.74) is -1.73. The number of cyclic esters (lactones) is 1. The number of nitrogens with zero attached hydrogens (tertiary/aromatic N) is 1. The molecule has 1 heterocycles. The van der Waals surface area contributed by atoms with Crippen LogP contribution >= 0.6 is 11.6 Å². The largest absolute Gasteiger partial charge is 0.463 e. The molecule has 1 aliphatic heterocycles. The van der Waals surface area contributed by atoms with Gasteiger partial charge in [-0.2, -0.15) is 0 Å². The average molecular weight is 298 g/mol. The lowest BCUT2D eigenvalue weighted by Crippen LogP contribution is -2.46. The van der Waals surface area contributed by atoms with Gasteiger partial charge in [0.2, 0.25) is 0 Å². The highest BCUT2D eigenvalue weighted by Gasteiger charge is 2.57. The van der Waals surface area contributed by atoms with Gasteiger partial charge < -0.3 is 9.47 Å². The Morgan fingerprint density at radius 3 is 2.75 bits per heavy atom. The van der Waals surface area contributed by atoms with Crippen molar-refractivity contribution in [3.8, 4) is 0 Å². The Kier molecular flexibility index (Phi) is 3.67. The van der Waals surface area contributed by atoms with Gasteiger partial charge in [-0.1, -0.05) is 17.7 Å². The van der Waals surface area contributed by atoms with Crippen LogP contribution in [0.15, 0.2) is 24.3 Å². The topological polar surface area (TPSA) is 72.9 Å². The molecule has 7 heteroatoms. The van der Waals surface area contributed by atoms with Gasteiger partial charge in [0, 0.05) is 5.02 Å². The van der Waals surface area contributed by atoms with Crippen LogP contribution < -0.4 is 4.90 Å². The number of ether oxygens (including phenoxy) is 2. The second-order valence-corrected chi connectivity index (χ2v) is 4.68. The van der Waals surface area contributed by atoms with Crippen LogP contribution in [0.4, 0.5) is 10.5 Å². The molecule has 20 heavy (non-hydrogen) atoms. The third kappa shape index (κ3) is 2.22. The van der Waals surface area contributed by atoms with Crippen LogP contribution in [0, 0.1) is 0 Å². The quantitative estimate of drug-likeness (QED) is 0.631. The molecule has 6 nitrogen and oxygen atoms in total. The Hall–Kier alpha value is -2.08. The second kappa shape index (κ2) is 5.13. The van der Waals surface area contributed by atoms with Crippen molar-refractivity contribution in [1.82, 2.24) is 0 Å². The number of rotatable bonds is 3. The maximum atomic E-state index is 12.3. The number of imide groups is 1. The number of anilines is 1. The summed E-state index contributed by atoms with van der Waals surface area (Å²) in [6, 6.07) is 6.12. The minimum atomic E-state index is -1.96. The molecule has 0 aliphatic carbocycles. The molecule has 0 N–H and O–H groups in total. The second-order valence-electron chi connectivity index (χ2n) is 4.24.